The Bertz CT molecular complexity index is 862. The van der Waals surface area contributed by atoms with Crippen LogP contribution in [0, 0.1) is 0 Å². The fraction of sp³-hybridized carbons (Fsp3) is 0.682. The third-order valence-corrected chi connectivity index (χ3v) is 8.65. The van der Waals surface area contributed by atoms with Gasteiger partial charge in [0, 0.05) is 45.6 Å². The molecule has 0 saturated carbocycles. The van der Waals surface area contributed by atoms with Crippen LogP contribution in [-0.2, 0) is 24.3 Å². The van der Waals surface area contributed by atoms with E-state index in [1.807, 2.05) is 0 Å². The molecule has 1 aromatic rings. The van der Waals surface area contributed by atoms with Gasteiger partial charge in [0.05, 0.1) is 23.1 Å². The van der Waals surface area contributed by atoms with E-state index in [4.69, 9.17) is 9.47 Å². The summed E-state index contributed by atoms with van der Waals surface area (Å²) in [5, 5.41) is 2.88. The number of carbonyl (C=O) groups is 1. The van der Waals surface area contributed by atoms with Crippen molar-refractivity contribution in [3.05, 3.63) is 24.3 Å². The highest BCUT2D eigenvalue weighted by Crippen LogP contribution is 2.37. The predicted octanol–water partition coefficient (Wildman–Crippen LogP) is 2.07. The second kappa shape index (κ2) is 9.54. The number of carbonyl (C=O) groups excluding carboxylic acids is 1. The Morgan fingerprint density at radius 2 is 1.87 bits per heavy atom. The fourth-order valence-corrected chi connectivity index (χ4v) is 6.49. The number of amides is 1. The summed E-state index contributed by atoms with van der Waals surface area (Å²) in [6.07, 6.45) is 5.79. The Balaban J connectivity index is 1.32. The lowest BCUT2D eigenvalue weighted by atomic mass is 9.86. The first-order valence-corrected chi connectivity index (χ1v) is 12.7. The largest absolute Gasteiger partial charge is 0.377 e. The summed E-state index contributed by atoms with van der Waals surface area (Å²) in [6, 6.07) is 6.46. The van der Waals surface area contributed by atoms with Crippen molar-refractivity contribution in [2.75, 3.05) is 51.8 Å². The molecule has 31 heavy (non-hydrogen) atoms. The summed E-state index contributed by atoms with van der Waals surface area (Å²) in [5.41, 5.74) is 0.399. The first-order chi connectivity index (χ1) is 14.9. The molecule has 0 unspecified atom stereocenters. The van der Waals surface area contributed by atoms with Crippen LogP contribution in [0.1, 0.15) is 38.5 Å². The number of methoxy groups -OCH3 is 1. The van der Waals surface area contributed by atoms with E-state index >= 15 is 0 Å². The Morgan fingerprint density at radius 1 is 1.13 bits per heavy atom. The van der Waals surface area contributed by atoms with Gasteiger partial charge >= 0.3 is 0 Å². The summed E-state index contributed by atoms with van der Waals surface area (Å²) >= 11 is 0. The van der Waals surface area contributed by atoms with E-state index in [1.54, 1.807) is 35.7 Å². The molecule has 1 N–H and O–H groups in total. The van der Waals surface area contributed by atoms with Gasteiger partial charge in [0.1, 0.15) is 0 Å². The lowest BCUT2D eigenvalue weighted by Crippen LogP contribution is -2.57. The highest BCUT2D eigenvalue weighted by molar-refractivity contribution is 7.89. The standard InChI is InChI=1S/C22H33N3O5S/c1-29-20-16-24(14-11-22(20)10-5-15-30-22)17-21(26)23-18-6-8-19(9-7-18)31(27,28)25-12-3-2-4-13-25/h6-9,20H,2-5,10-17H2,1H3,(H,23,26)/t20-,22+/m1/s1. The smallest absolute Gasteiger partial charge is 0.243 e. The number of ether oxygens (including phenoxy) is 2. The van der Waals surface area contributed by atoms with Gasteiger partial charge in [-0.15, -0.1) is 0 Å². The Morgan fingerprint density at radius 3 is 2.52 bits per heavy atom. The average Bonchev–Trinajstić information content (AvgIpc) is 3.25. The number of hydrogen-bond acceptors (Lipinski definition) is 6. The van der Waals surface area contributed by atoms with Crippen molar-refractivity contribution in [1.82, 2.24) is 9.21 Å². The molecule has 4 rings (SSSR count). The second-order valence-electron chi connectivity index (χ2n) is 8.76. The maximum atomic E-state index is 12.8. The van der Waals surface area contributed by atoms with Gasteiger partial charge in [-0.3, -0.25) is 9.69 Å². The average molecular weight is 452 g/mol. The zero-order valence-corrected chi connectivity index (χ0v) is 19.0. The van der Waals surface area contributed by atoms with Crippen LogP contribution in [-0.4, -0.2) is 81.7 Å². The van der Waals surface area contributed by atoms with Crippen LogP contribution in [0.5, 0.6) is 0 Å². The number of hydrogen-bond donors (Lipinski definition) is 1. The van der Waals surface area contributed by atoms with E-state index in [1.165, 1.54) is 0 Å². The molecule has 1 spiro atoms. The number of nitrogens with one attached hydrogen (secondary N) is 1. The Labute approximate surface area is 184 Å². The molecule has 3 aliphatic rings. The molecule has 0 bridgehead atoms. The van der Waals surface area contributed by atoms with E-state index in [2.05, 4.69) is 10.2 Å². The summed E-state index contributed by atoms with van der Waals surface area (Å²) < 4.78 is 38.8. The molecule has 1 aromatic carbocycles. The van der Waals surface area contributed by atoms with Crippen molar-refractivity contribution < 1.29 is 22.7 Å². The van der Waals surface area contributed by atoms with Crippen LogP contribution in [0.3, 0.4) is 0 Å². The minimum atomic E-state index is -3.46. The number of sulfonamides is 1. The number of benzene rings is 1. The normalized spacial score (nSPS) is 28.1. The van der Waals surface area contributed by atoms with Crippen LogP contribution < -0.4 is 5.32 Å². The number of rotatable bonds is 6. The van der Waals surface area contributed by atoms with Crippen molar-refractivity contribution in [2.45, 2.75) is 55.1 Å². The van der Waals surface area contributed by atoms with Crippen LogP contribution in [0.25, 0.3) is 0 Å². The molecule has 0 radical (unpaired) electrons. The summed E-state index contributed by atoms with van der Waals surface area (Å²) in [5.74, 6) is -0.121. The van der Waals surface area contributed by atoms with E-state index < -0.39 is 10.0 Å². The summed E-state index contributed by atoms with van der Waals surface area (Å²) in [6.45, 7) is 3.65. The fourth-order valence-electron chi connectivity index (χ4n) is 4.97. The third-order valence-electron chi connectivity index (χ3n) is 6.74. The quantitative estimate of drug-likeness (QED) is 0.712. The van der Waals surface area contributed by atoms with Gasteiger partial charge in [-0.2, -0.15) is 4.31 Å². The van der Waals surface area contributed by atoms with Crippen molar-refractivity contribution in [3.63, 3.8) is 0 Å². The number of piperidine rings is 2. The van der Waals surface area contributed by atoms with E-state index in [0.29, 0.717) is 25.3 Å². The first kappa shape index (κ1) is 22.7. The van der Waals surface area contributed by atoms with E-state index in [9.17, 15) is 13.2 Å². The predicted molar refractivity (Wildman–Crippen MR) is 117 cm³/mol. The molecule has 8 nitrogen and oxygen atoms in total. The van der Waals surface area contributed by atoms with Crippen LogP contribution in [0.4, 0.5) is 5.69 Å². The van der Waals surface area contributed by atoms with Crippen molar-refractivity contribution in [2.24, 2.45) is 0 Å². The van der Waals surface area contributed by atoms with Crippen LogP contribution in [0.2, 0.25) is 0 Å². The van der Waals surface area contributed by atoms with Crippen LogP contribution >= 0.6 is 0 Å². The highest BCUT2D eigenvalue weighted by Gasteiger charge is 2.46. The van der Waals surface area contributed by atoms with Gasteiger partial charge in [-0.25, -0.2) is 8.42 Å². The molecular weight excluding hydrogens is 418 g/mol. The number of nitrogens with zero attached hydrogens (tertiary/aromatic N) is 2. The van der Waals surface area contributed by atoms with Crippen molar-refractivity contribution in [1.29, 1.82) is 0 Å². The van der Waals surface area contributed by atoms with Gasteiger partial charge in [0.2, 0.25) is 15.9 Å². The van der Waals surface area contributed by atoms with Gasteiger partial charge in [0.25, 0.3) is 0 Å². The lowest BCUT2D eigenvalue weighted by Gasteiger charge is -2.44. The minimum Gasteiger partial charge on any atom is -0.377 e. The highest BCUT2D eigenvalue weighted by atomic mass is 32.2. The number of likely N-dealkylation sites (tertiary alicyclic amines) is 1. The van der Waals surface area contributed by atoms with Crippen molar-refractivity contribution >= 4 is 21.6 Å². The van der Waals surface area contributed by atoms with Gasteiger partial charge < -0.3 is 14.8 Å². The summed E-state index contributed by atoms with van der Waals surface area (Å²) in [7, 11) is -1.76. The molecule has 0 aromatic heterocycles. The Hall–Kier alpha value is -1.52. The van der Waals surface area contributed by atoms with Crippen LogP contribution in [0.15, 0.2) is 29.2 Å². The molecule has 9 heteroatoms. The molecule has 3 saturated heterocycles. The lowest BCUT2D eigenvalue weighted by molar-refractivity contribution is -0.145. The van der Waals surface area contributed by atoms with Gasteiger partial charge in [-0.1, -0.05) is 6.42 Å². The van der Waals surface area contributed by atoms with Gasteiger partial charge in [-0.05, 0) is 56.4 Å². The van der Waals surface area contributed by atoms with Crippen molar-refractivity contribution in [3.8, 4) is 0 Å². The maximum absolute atomic E-state index is 12.8. The minimum absolute atomic E-state index is 0.0316. The maximum Gasteiger partial charge on any atom is 0.243 e. The van der Waals surface area contributed by atoms with E-state index in [-0.39, 0.29) is 29.1 Å². The second-order valence-corrected chi connectivity index (χ2v) is 10.7. The monoisotopic (exact) mass is 451 g/mol. The zero-order valence-electron chi connectivity index (χ0n) is 18.2. The molecular formula is C22H33N3O5S. The number of anilines is 1. The molecule has 3 fully saturated rings. The van der Waals surface area contributed by atoms with E-state index in [0.717, 1.165) is 51.7 Å². The SMILES string of the molecule is CO[C@@H]1CN(CC(=O)Nc2ccc(S(=O)(=O)N3CCCCC3)cc2)CC[C@@]12CCCO2. The molecule has 172 valence electrons. The molecule has 3 heterocycles. The third kappa shape index (κ3) is 4.96. The Kier molecular flexibility index (Phi) is 6.98. The summed E-state index contributed by atoms with van der Waals surface area (Å²) in [4.78, 5) is 14.9. The molecule has 3 aliphatic heterocycles. The van der Waals surface area contributed by atoms with Gasteiger partial charge in [0.15, 0.2) is 0 Å². The molecule has 1 amide bonds. The molecule has 2 atom stereocenters. The topological polar surface area (TPSA) is 88.2 Å². The zero-order chi connectivity index (χ0) is 21.9. The molecule has 0 aliphatic carbocycles. The first-order valence-electron chi connectivity index (χ1n) is 11.2.